The number of hydrogen-bond acceptors (Lipinski definition) is 3. The van der Waals surface area contributed by atoms with Gasteiger partial charge in [-0.15, -0.1) is 0 Å². The lowest BCUT2D eigenvalue weighted by Gasteiger charge is -1.95. The number of nitrogens with zero attached hydrogens (tertiary/aromatic N) is 2. The summed E-state index contributed by atoms with van der Waals surface area (Å²) in [4.78, 5) is 11.1. The van der Waals surface area contributed by atoms with Gasteiger partial charge in [-0.3, -0.25) is 0 Å². The van der Waals surface area contributed by atoms with E-state index in [9.17, 15) is 0 Å². The molecule has 0 atom stereocenters. The number of anilines is 1. The minimum Gasteiger partial charge on any atom is -0.383 e. The number of rotatable bonds is 0. The topological polar surface area (TPSA) is 67.6 Å². The van der Waals surface area contributed by atoms with E-state index >= 15 is 0 Å². The van der Waals surface area contributed by atoms with Crippen molar-refractivity contribution in [3.05, 3.63) is 18.1 Å². The molecule has 0 radical (unpaired) electrons. The van der Waals surface area contributed by atoms with Crippen LogP contribution < -0.4 is 5.73 Å². The lowest BCUT2D eigenvalue weighted by molar-refractivity contribution is 1.09. The highest BCUT2D eigenvalue weighted by Gasteiger charge is 2.01. The third-order valence-corrected chi connectivity index (χ3v) is 1.56. The number of nitrogens with one attached hydrogen (secondary N) is 1. The zero-order valence-corrected chi connectivity index (χ0v) is 6.13. The van der Waals surface area contributed by atoms with Crippen molar-refractivity contribution < 1.29 is 0 Å². The molecule has 2 rings (SSSR count). The lowest BCUT2D eigenvalue weighted by Crippen LogP contribution is -1.95. The molecular formula is C7H8N4. The van der Waals surface area contributed by atoms with Crippen LogP contribution in [-0.4, -0.2) is 15.0 Å². The predicted octanol–water partition coefficient (Wildman–Crippen LogP) is 0.849. The highest BCUT2D eigenvalue weighted by atomic mass is 15.0. The van der Waals surface area contributed by atoms with Crippen LogP contribution in [0.3, 0.4) is 0 Å². The van der Waals surface area contributed by atoms with Gasteiger partial charge in [-0.2, -0.15) is 0 Å². The number of H-pyrrole nitrogens is 1. The molecule has 0 saturated carbocycles. The van der Waals surface area contributed by atoms with E-state index in [0.717, 1.165) is 11.0 Å². The minimum atomic E-state index is 0.536. The van der Waals surface area contributed by atoms with Crippen molar-refractivity contribution >= 4 is 16.9 Å². The summed E-state index contributed by atoms with van der Waals surface area (Å²) in [5.74, 6) is 1.23. The predicted molar refractivity (Wildman–Crippen MR) is 43.0 cm³/mol. The molecule has 0 saturated heterocycles. The SMILES string of the molecule is Cc1nc(N)c2cc[nH]c2n1. The molecule has 0 fully saturated rings. The van der Waals surface area contributed by atoms with Gasteiger partial charge in [0.1, 0.15) is 17.3 Å². The Bertz CT molecular complexity index is 390. The molecule has 4 nitrogen and oxygen atoms in total. The molecule has 0 amide bonds. The summed E-state index contributed by atoms with van der Waals surface area (Å²) in [5.41, 5.74) is 6.43. The van der Waals surface area contributed by atoms with Crippen LogP contribution in [0.15, 0.2) is 12.3 Å². The minimum absolute atomic E-state index is 0.536. The van der Waals surface area contributed by atoms with Crippen LogP contribution in [0.5, 0.6) is 0 Å². The Balaban J connectivity index is 2.91. The van der Waals surface area contributed by atoms with Gasteiger partial charge in [-0.25, -0.2) is 9.97 Å². The first-order valence-electron chi connectivity index (χ1n) is 3.34. The van der Waals surface area contributed by atoms with Crippen LogP contribution in [0, 0.1) is 6.92 Å². The molecule has 2 aromatic rings. The quantitative estimate of drug-likeness (QED) is 0.582. The van der Waals surface area contributed by atoms with E-state index in [4.69, 9.17) is 5.73 Å². The number of aromatic nitrogens is 3. The Labute approximate surface area is 63.5 Å². The molecule has 0 bridgehead atoms. The maximum Gasteiger partial charge on any atom is 0.143 e. The zero-order chi connectivity index (χ0) is 7.84. The van der Waals surface area contributed by atoms with E-state index in [1.165, 1.54) is 0 Å². The zero-order valence-electron chi connectivity index (χ0n) is 6.13. The number of nitrogen functional groups attached to an aromatic ring is 1. The summed E-state index contributed by atoms with van der Waals surface area (Å²) in [6.07, 6.45) is 1.80. The van der Waals surface area contributed by atoms with E-state index in [1.54, 1.807) is 6.20 Å². The average molecular weight is 148 g/mol. The van der Waals surface area contributed by atoms with Gasteiger partial charge in [0.2, 0.25) is 0 Å². The summed E-state index contributed by atoms with van der Waals surface area (Å²) < 4.78 is 0. The second kappa shape index (κ2) is 1.95. The molecule has 11 heavy (non-hydrogen) atoms. The van der Waals surface area contributed by atoms with Crippen molar-refractivity contribution in [2.45, 2.75) is 6.92 Å². The summed E-state index contributed by atoms with van der Waals surface area (Å²) in [5, 5.41) is 0.885. The molecule has 0 aliphatic carbocycles. The lowest BCUT2D eigenvalue weighted by atomic mass is 10.4. The smallest absolute Gasteiger partial charge is 0.143 e. The van der Waals surface area contributed by atoms with Gasteiger partial charge in [-0.1, -0.05) is 0 Å². The van der Waals surface area contributed by atoms with Gasteiger partial charge in [0.05, 0.1) is 5.39 Å². The molecule has 2 aromatic heterocycles. The first kappa shape index (κ1) is 6.15. The number of nitrogens with two attached hydrogens (primary N) is 1. The average Bonchev–Trinajstić information content (AvgIpc) is 2.34. The van der Waals surface area contributed by atoms with Gasteiger partial charge < -0.3 is 10.7 Å². The summed E-state index contributed by atoms with van der Waals surface area (Å²) in [6, 6.07) is 1.87. The van der Waals surface area contributed by atoms with E-state index < -0.39 is 0 Å². The van der Waals surface area contributed by atoms with Crippen molar-refractivity contribution in [3.8, 4) is 0 Å². The second-order valence-electron chi connectivity index (χ2n) is 2.40. The van der Waals surface area contributed by atoms with Crippen LogP contribution in [0.2, 0.25) is 0 Å². The normalized spacial score (nSPS) is 10.6. The maximum absolute atomic E-state index is 5.63. The Hall–Kier alpha value is -1.58. The van der Waals surface area contributed by atoms with Gasteiger partial charge in [0.15, 0.2) is 0 Å². The molecule has 56 valence electrons. The third-order valence-electron chi connectivity index (χ3n) is 1.56. The van der Waals surface area contributed by atoms with Crippen molar-refractivity contribution in [2.75, 3.05) is 5.73 Å². The van der Waals surface area contributed by atoms with E-state index in [2.05, 4.69) is 15.0 Å². The van der Waals surface area contributed by atoms with Gasteiger partial charge in [0, 0.05) is 6.20 Å². The number of aromatic amines is 1. The molecule has 0 aromatic carbocycles. The first-order chi connectivity index (χ1) is 5.27. The summed E-state index contributed by atoms with van der Waals surface area (Å²) in [7, 11) is 0. The Morgan fingerprint density at radius 3 is 3.09 bits per heavy atom. The fraction of sp³-hybridized carbons (Fsp3) is 0.143. The van der Waals surface area contributed by atoms with Crippen molar-refractivity contribution in [3.63, 3.8) is 0 Å². The Morgan fingerprint density at radius 1 is 1.45 bits per heavy atom. The van der Waals surface area contributed by atoms with E-state index in [-0.39, 0.29) is 0 Å². The molecular weight excluding hydrogens is 140 g/mol. The standard InChI is InChI=1S/C7H8N4/c1-4-10-6(8)5-2-3-9-7(5)11-4/h2-3H,1H3,(H3,8,9,10,11). The van der Waals surface area contributed by atoms with Crippen molar-refractivity contribution in [1.82, 2.24) is 15.0 Å². The fourth-order valence-corrected chi connectivity index (χ4v) is 1.08. The molecule has 4 heteroatoms. The second-order valence-corrected chi connectivity index (χ2v) is 2.40. The van der Waals surface area contributed by atoms with Gasteiger partial charge >= 0.3 is 0 Å². The summed E-state index contributed by atoms with van der Waals surface area (Å²) in [6.45, 7) is 1.82. The largest absolute Gasteiger partial charge is 0.383 e. The Morgan fingerprint density at radius 2 is 2.27 bits per heavy atom. The van der Waals surface area contributed by atoms with Crippen LogP contribution in [0.1, 0.15) is 5.82 Å². The van der Waals surface area contributed by atoms with E-state index in [1.807, 2.05) is 13.0 Å². The van der Waals surface area contributed by atoms with Crippen LogP contribution in [0.4, 0.5) is 5.82 Å². The first-order valence-corrected chi connectivity index (χ1v) is 3.34. The van der Waals surface area contributed by atoms with Crippen LogP contribution in [0.25, 0.3) is 11.0 Å². The monoisotopic (exact) mass is 148 g/mol. The highest BCUT2D eigenvalue weighted by Crippen LogP contribution is 2.14. The third kappa shape index (κ3) is 0.832. The van der Waals surface area contributed by atoms with Crippen LogP contribution in [-0.2, 0) is 0 Å². The molecule has 2 heterocycles. The molecule has 0 spiro atoms. The van der Waals surface area contributed by atoms with Crippen LogP contribution >= 0.6 is 0 Å². The summed E-state index contributed by atoms with van der Waals surface area (Å²) >= 11 is 0. The van der Waals surface area contributed by atoms with Gasteiger partial charge in [-0.05, 0) is 13.0 Å². The fourth-order valence-electron chi connectivity index (χ4n) is 1.08. The maximum atomic E-state index is 5.63. The molecule has 0 aliphatic rings. The number of fused-ring (bicyclic) bond motifs is 1. The molecule has 0 aliphatic heterocycles. The van der Waals surface area contributed by atoms with Gasteiger partial charge in [0.25, 0.3) is 0 Å². The Kier molecular flexibility index (Phi) is 1.09. The van der Waals surface area contributed by atoms with Crippen molar-refractivity contribution in [2.24, 2.45) is 0 Å². The highest BCUT2D eigenvalue weighted by molar-refractivity contribution is 5.85. The molecule has 0 unspecified atom stereocenters. The van der Waals surface area contributed by atoms with E-state index in [0.29, 0.717) is 11.6 Å². The molecule has 3 N–H and O–H groups in total. The number of hydrogen-bond donors (Lipinski definition) is 2. The number of aryl methyl sites for hydroxylation is 1. The van der Waals surface area contributed by atoms with Crippen molar-refractivity contribution in [1.29, 1.82) is 0 Å².